The zero-order valence-electron chi connectivity index (χ0n) is 14.8. The largest absolute Gasteiger partial charge is 0.343 e. The summed E-state index contributed by atoms with van der Waals surface area (Å²) >= 11 is 6.04. The molecule has 3 rings (SSSR count). The Bertz CT molecular complexity index is 954. The van der Waals surface area contributed by atoms with Crippen LogP contribution in [-0.4, -0.2) is 18.4 Å². The molecule has 0 fully saturated rings. The number of hydrogen-bond acceptors (Lipinski definition) is 2. The Labute approximate surface area is 163 Å². The van der Waals surface area contributed by atoms with Crippen molar-refractivity contribution in [3.63, 3.8) is 0 Å². The summed E-state index contributed by atoms with van der Waals surface area (Å²) in [6.45, 7) is 1.70. The van der Waals surface area contributed by atoms with Gasteiger partial charge in [-0.05, 0) is 47.9 Å². The van der Waals surface area contributed by atoms with E-state index in [4.69, 9.17) is 11.6 Å². The van der Waals surface area contributed by atoms with Crippen molar-refractivity contribution in [1.82, 2.24) is 5.32 Å². The minimum atomic E-state index is -0.311. The van der Waals surface area contributed by atoms with E-state index in [2.05, 4.69) is 10.6 Å². The molecule has 3 aromatic rings. The van der Waals surface area contributed by atoms with Crippen LogP contribution in [0.4, 0.5) is 5.69 Å². The average molecular weight is 379 g/mol. The first-order valence-corrected chi connectivity index (χ1v) is 8.91. The molecule has 0 aliphatic rings. The van der Waals surface area contributed by atoms with Crippen LogP contribution in [0.5, 0.6) is 0 Å². The van der Waals surface area contributed by atoms with E-state index in [-0.39, 0.29) is 18.4 Å². The maximum atomic E-state index is 12.3. The van der Waals surface area contributed by atoms with Crippen LogP contribution in [0, 0.1) is 6.92 Å². The molecule has 0 spiro atoms. The fourth-order valence-corrected chi connectivity index (χ4v) is 2.82. The highest BCUT2D eigenvalue weighted by molar-refractivity contribution is 6.31. The first kappa shape index (κ1) is 18.7. The van der Waals surface area contributed by atoms with Crippen LogP contribution in [0.25, 0.3) is 11.1 Å². The van der Waals surface area contributed by atoms with Crippen LogP contribution < -0.4 is 10.6 Å². The molecule has 3 aromatic carbocycles. The van der Waals surface area contributed by atoms with Gasteiger partial charge < -0.3 is 10.6 Å². The van der Waals surface area contributed by atoms with Gasteiger partial charge >= 0.3 is 0 Å². The van der Waals surface area contributed by atoms with Crippen LogP contribution >= 0.6 is 11.6 Å². The standard InChI is InChI=1S/C22H19ClN2O2/c1-15-19(23)8-5-9-20(15)25-21(26)14-24-22(27)18-12-10-17(11-13-18)16-6-3-2-4-7-16/h2-13H,14H2,1H3,(H,24,27)(H,25,26). The third kappa shape index (κ3) is 4.74. The zero-order chi connectivity index (χ0) is 19.2. The summed E-state index contributed by atoms with van der Waals surface area (Å²) in [5, 5.41) is 5.96. The highest BCUT2D eigenvalue weighted by Crippen LogP contribution is 2.22. The smallest absolute Gasteiger partial charge is 0.251 e. The van der Waals surface area contributed by atoms with Crippen LogP contribution in [-0.2, 0) is 4.79 Å². The average Bonchev–Trinajstić information content (AvgIpc) is 2.70. The number of rotatable bonds is 5. The van der Waals surface area contributed by atoms with Crippen LogP contribution in [0.2, 0.25) is 5.02 Å². The Morgan fingerprint density at radius 3 is 2.22 bits per heavy atom. The maximum absolute atomic E-state index is 12.3. The SMILES string of the molecule is Cc1c(Cl)cccc1NC(=O)CNC(=O)c1ccc(-c2ccccc2)cc1. The third-order valence-corrected chi connectivity index (χ3v) is 4.61. The molecule has 0 saturated carbocycles. The summed E-state index contributed by atoms with van der Waals surface area (Å²) < 4.78 is 0. The van der Waals surface area contributed by atoms with Gasteiger partial charge in [-0.3, -0.25) is 9.59 Å². The molecular formula is C22H19ClN2O2. The van der Waals surface area contributed by atoms with Gasteiger partial charge in [0.1, 0.15) is 0 Å². The van der Waals surface area contributed by atoms with Crippen LogP contribution in [0.3, 0.4) is 0 Å². The molecule has 0 aromatic heterocycles. The van der Waals surface area contributed by atoms with E-state index in [1.165, 1.54) is 0 Å². The van der Waals surface area contributed by atoms with Crippen molar-refractivity contribution in [3.05, 3.63) is 88.9 Å². The molecule has 136 valence electrons. The number of carbonyl (C=O) groups excluding carboxylic acids is 2. The molecule has 4 nitrogen and oxygen atoms in total. The lowest BCUT2D eigenvalue weighted by Gasteiger charge is -2.10. The Morgan fingerprint density at radius 1 is 0.852 bits per heavy atom. The molecule has 0 saturated heterocycles. The summed E-state index contributed by atoms with van der Waals surface area (Å²) in [7, 11) is 0. The predicted molar refractivity (Wildman–Crippen MR) is 109 cm³/mol. The van der Waals surface area contributed by atoms with Crippen molar-refractivity contribution in [1.29, 1.82) is 0 Å². The van der Waals surface area contributed by atoms with E-state index in [9.17, 15) is 9.59 Å². The summed E-state index contributed by atoms with van der Waals surface area (Å²) in [5.41, 5.74) is 4.03. The van der Waals surface area contributed by atoms with Crippen LogP contribution in [0.1, 0.15) is 15.9 Å². The molecule has 0 radical (unpaired) electrons. The molecule has 2 amide bonds. The molecule has 0 aliphatic carbocycles. The van der Waals surface area contributed by atoms with Gasteiger partial charge in [0.25, 0.3) is 5.91 Å². The summed E-state index contributed by atoms with van der Waals surface area (Å²) in [4.78, 5) is 24.3. The second-order valence-electron chi connectivity index (χ2n) is 6.09. The molecule has 0 atom stereocenters. The number of carbonyl (C=O) groups is 2. The highest BCUT2D eigenvalue weighted by Gasteiger charge is 2.10. The van der Waals surface area contributed by atoms with Crippen molar-refractivity contribution in [2.45, 2.75) is 6.92 Å². The Kier molecular flexibility index (Phi) is 5.89. The maximum Gasteiger partial charge on any atom is 0.251 e. The molecule has 0 bridgehead atoms. The van der Waals surface area contributed by atoms with Gasteiger partial charge in [0.05, 0.1) is 6.54 Å². The van der Waals surface area contributed by atoms with Gasteiger partial charge in [0, 0.05) is 16.3 Å². The van der Waals surface area contributed by atoms with Crippen molar-refractivity contribution < 1.29 is 9.59 Å². The number of nitrogens with one attached hydrogen (secondary N) is 2. The Balaban J connectivity index is 1.57. The van der Waals surface area contributed by atoms with E-state index in [1.54, 1.807) is 30.3 Å². The minimum absolute atomic E-state index is 0.120. The number of amides is 2. The summed E-state index contributed by atoms with van der Waals surface area (Å²) in [6, 6.07) is 22.5. The molecule has 27 heavy (non-hydrogen) atoms. The second kappa shape index (κ2) is 8.52. The van der Waals surface area contributed by atoms with Gasteiger partial charge in [-0.25, -0.2) is 0 Å². The first-order valence-electron chi connectivity index (χ1n) is 8.53. The molecule has 0 aliphatic heterocycles. The van der Waals surface area contributed by atoms with Crippen molar-refractivity contribution in [2.75, 3.05) is 11.9 Å². The lowest BCUT2D eigenvalue weighted by atomic mass is 10.0. The van der Waals surface area contributed by atoms with E-state index in [1.807, 2.05) is 49.4 Å². The van der Waals surface area contributed by atoms with Gasteiger partial charge in [-0.2, -0.15) is 0 Å². The molecule has 0 heterocycles. The lowest BCUT2D eigenvalue weighted by molar-refractivity contribution is -0.115. The van der Waals surface area contributed by atoms with Gasteiger partial charge in [-0.1, -0.05) is 60.1 Å². The summed E-state index contributed by atoms with van der Waals surface area (Å²) in [6.07, 6.45) is 0. The monoisotopic (exact) mass is 378 g/mol. The van der Waals surface area contributed by atoms with Gasteiger partial charge in [0.15, 0.2) is 0 Å². The number of benzene rings is 3. The fraction of sp³-hybridized carbons (Fsp3) is 0.0909. The van der Waals surface area contributed by atoms with Crippen molar-refractivity contribution in [2.24, 2.45) is 0 Å². The number of halogens is 1. The molecule has 2 N–H and O–H groups in total. The van der Waals surface area contributed by atoms with Crippen molar-refractivity contribution in [3.8, 4) is 11.1 Å². The normalized spacial score (nSPS) is 10.3. The zero-order valence-corrected chi connectivity index (χ0v) is 15.6. The second-order valence-corrected chi connectivity index (χ2v) is 6.49. The third-order valence-electron chi connectivity index (χ3n) is 4.21. The Hall–Kier alpha value is -3.11. The van der Waals surface area contributed by atoms with E-state index in [0.29, 0.717) is 16.3 Å². The predicted octanol–water partition coefficient (Wildman–Crippen LogP) is 4.68. The van der Waals surface area contributed by atoms with Gasteiger partial charge in [0.2, 0.25) is 5.91 Å². The number of anilines is 1. The topological polar surface area (TPSA) is 58.2 Å². The van der Waals surface area contributed by atoms with Crippen LogP contribution in [0.15, 0.2) is 72.8 Å². The van der Waals surface area contributed by atoms with E-state index in [0.717, 1.165) is 16.7 Å². The van der Waals surface area contributed by atoms with Crippen molar-refractivity contribution >= 4 is 29.1 Å². The minimum Gasteiger partial charge on any atom is -0.343 e. The molecule has 5 heteroatoms. The Morgan fingerprint density at radius 2 is 1.52 bits per heavy atom. The van der Waals surface area contributed by atoms with E-state index >= 15 is 0 Å². The fourth-order valence-electron chi connectivity index (χ4n) is 2.64. The molecular weight excluding hydrogens is 360 g/mol. The van der Waals surface area contributed by atoms with E-state index < -0.39 is 0 Å². The van der Waals surface area contributed by atoms with Gasteiger partial charge in [-0.15, -0.1) is 0 Å². The quantitative estimate of drug-likeness (QED) is 0.677. The lowest BCUT2D eigenvalue weighted by Crippen LogP contribution is -2.33. The highest BCUT2D eigenvalue weighted by atomic mass is 35.5. The number of hydrogen-bond donors (Lipinski definition) is 2. The summed E-state index contributed by atoms with van der Waals surface area (Å²) in [5.74, 6) is -0.609. The first-order chi connectivity index (χ1) is 13.0. The molecule has 0 unspecified atom stereocenters.